The molecule has 1 heterocycles. The second-order valence-corrected chi connectivity index (χ2v) is 2.20. The smallest absolute Gasteiger partial charge is 0.141 e. The molecule has 0 N–H and O–H groups in total. The summed E-state index contributed by atoms with van der Waals surface area (Å²) in [5, 5.41) is 12.0. The molecule has 0 aromatic carbocycles. The SMILES string of the molecule is Cc1noc(C)c1/C=C\C#N. The Hall–Kier alpha value is -1.56. The van der Waals surface area contributed by atoms with Crippen LogP contribution in [0.25, 0.3) is 6.08 Å². The molecule has 3 heteroatoms. The van der Waals surface area contributed by atoms with Gasteiger partial charge in [-0.05, 0) is 19.9 Å². The van der Waals surface area contributed by atoms with Gasteiger partial charge in [-0.2, -0.15) is 5.26 Å². The van der Waals surface area contributed by atoms with Crippen molar-refractivity contribution in [2.45, 2.75) is 13.8 Å². The second kappa shape index (κ2) is 3.02. The van der Waals surface area contributed by atoms with E-state index in [1.54, 1.807) is 6.08 Å². The van der Waals surface area contributed by atoms with Crippen LogP contribution in [0, 0.1) is 25.2 Å². The topological polar surface area (TPSA) is 49.8 Å². The van der Waals surface area contributed by atoms with Crippen molar-refractivity contribution in [3.8, 4) is 6.07 Å². The first-order chi connectivity index (χ1) is 5.25. The van der Waals surface area contributed by atoms with E-state index in [1.807, 2.05) is 19.9 Å². The minimum Gasteiger partial charge on any atom is -0.361 e. The maximum Gasteiger partial charge on any atom is 0.141 e. The Labute approximate surface area is 64.9 Å². The number of hydrogen-bond donors (Lipinski definition) is 0. The summed E-state index contributed by atoms with van der Waals surface area (Å²) in [4.78, 5) is 0. The highest BCUT2D eigenvalue weighted by Gasteiger charge is 2.03. The summed E-state index contributed by atoms with van der Waals surface area (Å²) in [5.41, 5.74) is 1.71. The average molecular weight is 148 g/mol. The molecule has 0 atom stereocenters. The normalized spacial score (nSPS) is 10.3. The Kier molecular flexibility index (Phi) is 2.07. The molecule has 0 fully saturated rings. The van der Waals surface area contributed by atoms with Crippen LogP contribution in [-0.4, -0.2) is 5.16 Å². The molecular weight excluding hydrogens is 140 g/mol. The molecule has 0 spiro atoms. The Balaban J connectivity index is 3.03. The van der Waals surface area contributed by atoms with Gasteiger partial charge in [0.25, 0.3) is 0 Å². The van der Waals surface area contributed by atoms with Crippen LogP contribution in [-0.2, 0) is 0 Å². The van der Waals surface area contributed by atoms with Crippen molar-refractivity contribution in [1.29, 1.82) is 5.26 Å². The summed E-state index contributed by atoms with van der Waals surface area (Å²) < 4.78 is 4.88. The molecule has 0 aliphatic carbocycles. The monoisotopic (exact) mass is 148 g/mol. The molecule has 0 radical (unpaired) electrons. The zero-order valence-electron chi connectivity index (χ0n) is 6.46. The van der Waals surface area contributed by atoms with E-state index < -0.39 is 0 Å². The third-order valence-electron chi connectivity index (χ3n) is 1.41. The van der Waals surface area contributed by atoms with Gasteiger partial charge >= 0.3 is 0 Å². The van der Waals surface area contributed by atoms with Crippen LogP contribution >= 0.6 is 0 Å². The number of allylic oxidation sites excluding steroid dienone is 1. The summed E-state index contributed by atoms with van der Waals surface area (Å²) in [7, 11) is 0. The van der Waals surface area contributed by atoms with E-state index in [9.17, 15) is 0 Å². The van der Waals surface area contributed by atoms with Crippen molar-refractivity contribution in [3.63, 3.8) is 0 Å². The average Bonchev–Trinajstić information content (AvgIpc) is 2.29. The van der Waals surface area contributed by atoms with Crippen LogP contribution in [0.3, 0.4) is 0 Å². The van der Waals surface area contributed by atoms with E-state index in [0.717, 1.165) is 17.0 Å². The van der Waals surface area contributed by atoms with Crippen LogP contribution in [0.2, 0.25) is 0 Å². The molecule has 0 saturated carbocycles. The van der Waals surface area contributed by atoms with Crippen molar-refractivity contribution in [1.82, 2.24) is 5.16 Å². The van der Waals surface area contributed by atoms with Crippen molar-refractivity contribution in [2.24, 2.45) is 0 Å². The predicted octanol–water partition coefficient (Wildman–Crippen LogP) is 1.83. The predicted molar refractivity (Wildman–Crippen MR) is 40.6 cm³/mol. The first-order valence-corrected chi connectivity index (χ1v) is 3.24. The summed E-state index contributed by atoms with van der Waals surface area (Å²) >= 11 is 0. The van der Waals surface area contributed by atoms with Crippen LogP contribution in [0.5, 0.6) is 0 Å². The fourth-order valence-electron chi connectivity index (χ4n) is 0.849. The van der Waals surface area contributed by atoms with Gasteiger partial charge in [0.2, 0.25) is 0 Å². The van der Waals surface area contributed by atoms with Crippen molar-refractivity contribution < 1.29 is 4.52 Å². The quantitative estimate of drug-likeness (QED) is 0.571. The molecule has 1 rings (SSSR count). The number of aryl methyl sites for hydroxylation is 2. The molecule has 0 amide bonds. The lowest BCUT2D eigenvalue weighted by atomic mass is 10.2. The minimum absolute atomic E-state index is 0.744. The number of nitriles is 1. The lowest BCUT2D eigenvalue weighted by Gasteiger charge is -1.84. The van der Waals surface area contributed by atoms with Gasteiger partial charge in [-0.1, -0.05) is 5.16 Å². The Morgan fingerprint density at radius 3 is 2.73 bits per heavy atom. The van der Waals surface area contributed by atoms with Crippen molar-refractivity contribution in [2.75, 3.05) is 0 Å². The van der Waals surface area contributed by atoms with E-state index in [4.69, 9.17) is 9.78 Å². The molecule has 0 bridgehead atoms. The van der Waals surface area contributed by atoms with Gasteiger partial charge < -0.3 is 4.52 Å². The first kappa shape index (κ1) is 7.55. The largest absolute Gasteiger partial charge is 0.361 e. The molecular formula is C8H8N2O. The second-order valence-electron chi connectivity index (χ2n) is 2.20. The maximum absolute atomic E-state index is 8.26. The first-order valence-electron chi connectivity index (χ1n) is 3.24. The fraction of sp³-hybridized carbons (Fsp3) is 0.250. The van der Waals surface area contributed by atoms with E-state index in [1.165, 1.54) is 6.08 Å². The van der Waals surface area contributed by atoms with Gasteiger partial charge in [-0.3, -0.25) is 0 Å². The highest BCUT2D eigenvalue weighted by Crippen LogP contribution is 2.13. The summed E-state index contributed by atoms with van der Waals surface area (Å²) in [6.07, 6.45) is 3.10. The fourth-order valence-corrected chi connectivity index (χ4v) is 0.849. The summed E-state index contributed by atoms with van der Waals surface area (Å²) in [6, 6.07) is 1.91. The highest BCUT2D eigenvalue weighted by atomic mass is 16.5. The Morgan fingerprint density at radius 2 is 2.27 bits per heavy atom. The summed E-state index contributed by atoms with van der Waals surface area (Å²) in [6.45, 7) is 3.66. The molecule has 0 aliphatic rings. The van der Waals surface area contributed by atoms with Gasteiger partial charge in [0.05, 0.1) is 11.8 Å². The molecule has 3 nitrogen and oxygen atoms in total. The third-order valence-corrected chi connectivity index (χ3v) is 1.41. The lowest BCUT2D eigenvalue weighted by Crippen LogP contribution is -1.75. The van der Waals surface area contributed by atoms with Crippen LogP contribution in [0.1, 0.15) is 17.0 Å². The third kappa shape index (κ3) is 1.47. The molecule has 0 unspecified atom stereocenters. The summed E-state index contributed by atoms with van der Waals surface area (Å²) in [5.74, 6) is 0.744. The van der Waals surface area contributed by atoms with Crippen LogP contribution < -0.4 is 0 Å². The van der Waals surface area contributed by atoms with Gasteiger partial charge in [0, 0.05) is 11.6 Å². The van der Waals surface area contributed by atoms with E-state index in [0.29, 0.717) is 0 Å². The van der Waals surface area contributed by atoms with Gasteiger partial charge in [-0.25, -0.2) is 0 Å². The maximum atomic E-state index is 8.26. The van der Waals surface area contributed by atoms with Crippen molar-refractivity contribution >= 4 is 6.08 Å². The minimum atomic E-state index is 0.744. The Bertz CT molecular complexity index is 298. The molecule has 11 heavy (non-hydrogen) atoms. The number of nitrogens with zero attached hydrogens (tertiary/aromatic N) is 2. The number of rotatable bonds is 1. The van der Waals surface area contributed by atoms with Crippen LogP contribution in [0.4, 0.5) is 0 Å². The number of aromatic nitrogens is 1. The van der Waals surface area contributed by atoms with Crippen molar-refractivity contribution in [3.05, 3.63) is 23.1 Å². The van der Waals surface area contributed by atoms with E-state index >= 15 is 0 Å². The lowest BCUT2D eigenvalue weighted by molar-refractivity contribution is 0.393. The standard InChI is InChI=1S/C8H8N2O/c1-6-8(4-3-5-9)7(2)11-10-6/h3-4H,1-2H3/b4-3-. The van der Waals surface area contributed by atoms with Gasteiger partial charge in [0.15, 0.2) is 0 Å². The zero-order chi connectivity index (χ0) is 8.27. The molecule has 1 aromatic heterocycles. The molecule has 0 saturated heterocycles. The Morgan fingerprint density at radius 1 is 1.55 bits per heavy atom. The van der Waals surface area contributed by atoms with Gasteiger partial charge in [-0.15, -0.1) is 0 Å². The zero-order valence-corrected chi connectivity index (χ0v) is 6.46. The van der Waals surface area contributed by atoms with Crippen LogP contribution in [0.15, 0.2) is 10.6 Å². The van der Waals surface area contributed by atoms with E-state index in [-0.39, 0.29) is 0 Å². The van der Waals surface area contributed by atoms with E-state index in [2.05, 4.69) is 5.16 Å². The molecule has 1 aromatic rings. The molecule has 56 valence electrons. The van der Waals surface area contributed by atoms with Gasteiger partial charge in [0.1, 0.15) is 5.76 Å². The number of hydrogen-bond acceptors (Lipinski definition) is 3. The molecule has 0 aliphatic heterocycles. The highest BCUT2D eigenvalue weighted by molar-refractivity contribution is 5.55.